The molecule has 1 aromatic heterocycles. The normalized spacial score (nSPS) is 11.3. The van der Waals surface area contributed by atoms with Crippen molar-refractivity contribution in [3.8, 4) is 5.75 Å². The Balaban J connectivity index is 2.41. The number of ether oxygens (including phenoxy) is 1. The molecule has 1 heterocycles. The van der Waals surface area contributed by atoms with Gasteiger partial charge in [-0.25, -0.2) is 13.4 Å². The molecule has 8 heteroatoms. The van der Waals surface area contributed by atoms with Gasteiger partial charge in [0.15, 0.2) is 0 Å². The molecule has 2 aromatic rings. The molecule has 1 N–H and O–H groups in total. The standard InChI is InChI=1S/C15H16Cl2N2O3S/c1-3-6-22-13-7-10(2)12(17)8-14(13)23(20,21)19-15-5-4-11(16)9-18-15/h4-5,7-9H,3,6H2,1-2H3,(H,18,19). The van der Waals surface area contributed by atoms with Crippen molar-refractivity contribution in [2.45, 2.75) is 25.2 Å². The summed E-state index contributed by atoms with van der Waals surface area (Å²) < 4.78 is 33.2. The highest BCUT2D eigenvalue weighted by molar-refractivity contribution is 7.92. The van der Waals surface area contributed by atoms with Crippen LogP contribution in [0.4, 0.5) is 5.82 Å². The minimum absolute atomic E-state index is 0.0294. The highest BCUT2D eigenvalue weighted by Crippen LogP contribution is 2.31. The average Bonchev–Trinajstić information content (AvgIpc) is 2.50. The predicted octanol–water partition coefficient (Wildman–Crippen LogP) is 4.29. The van der Waals surface area contributed by atoms with E-state index in [0.717, 1.165) is 12.0 Å². The summed E-state index contributed by atoms with van der Waals surface area (Å²) in [6.45, 7) is 4.13. The minimum atomic E-state index is -3.89. The Morgan fingerprint density at radius 2 is 2.00 bits per heavy atom. The number of sulfonamides is 1. The minimum Gasteiger partial charge on any atom is -0.492 e. The Labute approximate surface area is 145 Å². The van der Waals surface area contributed by atoms with E-state index in [1.165, 1.54) is 18.3 Å². The monoisotopic (exact) mass is 374 g/mol. The van der Waals surface area contributed by atoms with Gasteiger partial charge in [0.05, 0.1) is 11.6 Å². The number of hydrogen-bond donors (Lipinski definition) is 1. The van der Waals surface area contributed by atoms with E-state index in [4.69, 9.17) is 27.9 Å². The lowest BCUT2D eigenvalue weighted by atomic mass is 10.2. The van der Waals surface area contributed by atoms with E-state index in [2.05, 4.69) is 9.71 Å². The first-order chi connectivity index (χ1) is 10.8. The molecule has 0 fully saturated rings. The fourth-order valence-corrected chi connectivity index (χ4v) is 3.30. The third-order valence-corrected chi connectivity index (χ3v) is 4.95. The lowest BCUT2D eigenvalue weighted by molar-refractivity contribution is 0.309. The lowest BCUT2D eigenvalue weighted by Crippen LogP contribution is -2.15. The fraction of sp³-hybridized carbons (Fsp3) is 0.267. The van der Waals surface area contributed by atoms with Crippen molar-refractivity contribution >= 4 is 39.0 Å². The maximum absolute atomic E-state index is 12.6. The van der Waals surface area contributed by atoms with Crippen LogP contribution in [0, 0.1) is 6.92 Å². The third-order valence-electron chi connectivity index (χ3n) is 2.94. The van der Waals surface area contributed by atoms with Gasteiger partial charge < -0.3 is 4.74 Å². The first-order valence-corrected chi connectivity index (χ1v) is 9.14. The molecule has 2 rings (SSSR count). The number of rotatable bonds is 6. The molecule has 0 bridgehead atoms. The second-order valence-corrected chi connectivity index (χ2v) is 7.36. The van der Waals surface area contributed by atoms with Crippen molar-refractivity contribution in [2.75, 3.05) is 11.3 Å². The molecule has 0 atom stereocenters. The summed E-state index contributed by atoms with van der Waals surface area (Å²) in [5.74, 6) is 0.419. The SMILES string of the molecule is CCCOc1cc(C)c(Cl)cc1S(=O)(=O)Nc1ccc(Cl)cn1. The zero-order valence-corrected chi connectivity index (χ0v) is 15.0. The van der Waals surface area contributed by atoms with Crippen molar-refractivity contribution in [3.05, 3.63) is 46.1 Å². The third kappa shape index (κ3) is 4.50. The van der Waals surface area contributed by atoms with E-state index in [9.17, 15) is 8.42 Å². The summed E-state index contributed by atoms with van der Waals surface area (Å²) in [6, 6.07) is 6.01. The highest BCUT2D eigenvalue weighted by Gasteiger charge is 2.22. The largest absolute Gasteiger partial charge is 0.492 e. The Bertz CT molecular complexity index is 793. The number of nitrogens with one attached hydrogen (secondary N) is 1. The number of anilines is 1. The van der Waals surface area contributed by atoms with Gasteiger partial charge in [0.2, 0.25) is 0 Å². The van der Waals surface area contributed by atoms with Crippen LogP contribution in [0.15, 0.2) is 35.4 Å². The number of aromatic nitrogens is 1. The van der Waals surface area contributed by atoms with Crippen LogP contribution in [-0.4, -0.2) is 20.0 Å². The maximum atomic E-state index is 12.6. The summed E-state index contributed by atoms with van der Waals surface area (Å²) in [6.07, 6.45) is 2.11. The van der Waals surface area contributed by atoms with Gasteiger partial charge in [-0.05, 0) is 43.2 Å². The first kappa shape index (κ1) is 17.8. The number of hydrogen-bond acceptors (Lipinski definition) is 4. The van der Waals surface area contributed by atoms with Crippen LogP contribution in [-0.2, 0) is 10.0 Å². The highest BCUT2D eigenvalue weighted by atomic mass is 35.5. The zero-order valence-electron chi connectivity index (χ0n) is 12.6. The number of nitrogens with zero attached hydrogens (tertiary/aromatic N) is 1. The molecular formula is C15H16Cl2N2O3S. The zero-order chi connectivity index (χ0) is 17.0. The summed E-state index contributed by atoms with van der Waals surface area (Å²) in [4.78, 5) is 3.90. The van der Waals surface area contributed by atoms with Crippen LogP contribution in [0.25, 0.3) is 0 Å². The molecule has 124 valence electrons. The molecular weight excluding hydrogens is 359 g/mol. The van der Waals surface area contributed by atoms with Crippen LogP contribution in [0.1, 0.15) is 18.9 Å². The number of benzene rings is 1. The Hall–Kier alpha value is -1.50. The molecule has 0 saturated carbocycles. The summed E-state index contributed by atoms with van der Waals surface area (Å²) in [7, 11) is -3.89. The summed E-state index contributed by atoms with van der Waals surface area (Å²) in [5, 5.41) is 0.761. The molecule has 0 aliphatic carbocycles. The molecule has 0 saturated heterocycles. The predicted molar refractivity (Wildman–Crippen MR) is 92.0 cm³/mol. The first-order valence-electron chi connectivity index (χ1n) is 6.91. The van der Waals surface area contributed by atoms with Crippen LogP contribution in [0.2, 0.25) is 10.0 Å². The van der Waals surface area contributed by atoms with E-state index < -0.39 is 10.0 Å². The van der Waals surface area contributed by atoms with Gasteiger partial charge in [0.1, 0.15) is 16.5 Å². The van der Waals surface area contributed by atoms with Gasteiger partial charge in [-0.15, -0.1) is 0 Å². The lowest BCUT2D eigenvalue weighted by Gasteiger charge is -2.14. The van der Waals surface area contributed by atoms with Crippen LogP contribution in [0.3, 0.4) is 0 Å². The van der Waals surface area contributed by atoms with Crippen LogP contribution >= 0.6 is 23.2 Å². The van der Waals surface area contributed by atoms with E-state index in [1.54, 1.807) is 19.1 Å². The molecule has 0 spiro atoms. The van der Waals surface area contributed by atoms with Crippen molar-refractivity contribution in [1.82, 2.24) is 4.98 Å². The molecule has 23 heavy (non-hydrogen) atoms. The molecule has 0 radical (unpaired) electrons. The van der Waals surface area contributed by atoms with Crippen molar-refractivity contribution in [3.63, 3.8) is 0 Å². The summed E-state index contributed by atoms with van der Waals surface area (Å²) in [5.41, 5.74) is 0.737. The Morgan fingerprint density at radius 1 is 1.26 bits per heavy atom. The average molecular weight is 375 g/mol. The van der Waals surface area contributed by atoms with Gasteiger partial charge >= 0.3 is 0 Å². The molecule has 0 aliphatic rings. The molecule has 0 unspecified atom stereocenters. The topological polar surface area (TPSA) is 68.3 Å². The van der Waals surface area contributed by atoms with E-state index in [0.29, 0.717) is 16.7 Å². The van der Waals surface area contributed by atoms with Crippen LogP contribution in [0.5, 0.6) is 5.75 Å². The van der Waals surface area contributed by atoms with Crippen molar-refractivity contribution in [1.29, 1.82) is 0 Å². The smallest absolute Gasteiger partial charge is 0.266 e. The quantitative estimate of drug-likeness (QED) is 0.818. The van der Waals surface area contributed by atoms with Crippen molar-refractivity contribution < 1.29 is 13.2 Å². The Morgan fingerprint density at radius 3 is 2.61 bits per heavy atom. The van der Waals surface area contributed by atoms with Crippen LogP contribution < -0.4 is 9.46 Å². The molecule has 0 aliphatic heterocycles. The fourth-order valence-electron chi connectivity index (χ4n) is 1.80. The number of halogens is 2. The van der Waals surface area contributed by atoms with E-state index >= 15 is 0 Å². The molecule has 5 nitrogen and oxygen atoms in total. The van der Waals surface area contributed by atoms with E-state index in [1.807, 2.05) is 6.92 Å². The van der Waals surface area contributed by atoms with Gasteiger partial charge in [-0.1, -0.05) is 30.1 Å². The maximum Gasteiger partial charge on any atom is 0.266 e. The van der Waals surface area contributed by atoms with Crippen molar-refractivity contribution in [2.24, 2.45) is 0 Å². The second kappa shape index (κ2) is 7.38. The number of pyridine rings is 1. The van der Waals surface area contributed by atoms with Gasteiger partial charge in [-0.2, -0.15) is 0 Å². The van der Waals surface area contributed by atoms with Gasteiger partial charge in [0, 0.05) is 11.2 Å². The Kier molecular flexibility index (Phi) is 5.73. The second-order valence-electron chi connectivity index (χ2n) is 4.86. The van der Waals surface area contributed by atoms with E-state index in [-0.39, 0.29) is 16.5 Å². The van der Waals surface area contributed by atoms with Gasteiger partial charge in [0.25, 0.3) is 10.0 Å². The molecule has 0 amide bonds. The van der Waals surface area contributed by atoms with Gasteiger partial charge in [-0.3, -0.25) is 4.72 Å². The molecule has 1 aromatic carbocycles. The number of aryl methyl sites for hydroxylation is 1. The summed E-state index contributed by atoms with van der Waals surface area (Å²) >= 11 is 11.8.